The van der Waals surface area contributed by atoms with Gasteiger partial charge in [-0.1, -0.05) is 36.4 Å². The van der Waals surface area contributed by atoms with Gasteiger partial charge in [-0.3, -0.25) is 9.69 Å². The first-order chi connectivity index (χ1) is 12.2. The fourth-order valence-electron chi connectivity index (χ4n) is 3.27. The third kappa shape index (κ3) is 5.40. The maximum Gasteiger partial charge on any atom is 0.220 e. The number of hydrogen-bond donors (Lipinski definition) is 1. The summed E-state index contributed by atoms with van der Waals surface area (Å²) in [6.45, 7) is 3.82. The van der Waals surface area contributed by atoms with Crippen molar-refractivity contribution < 1.29 is 9.18 Å². The van der Waals surface area contributed by atoms with E-state index in [1.165, 1.54) is 23.3 Å². The molecule has 0 spiro atoms. The Morgan fingerprint density at radius 3 is 2.64 bits per heavy atom. The highest BCUT2D eigenvalue weighted by Crippen LogP contribution is 2.18. The van der Waals surface area contributed by atoms with Crippen molar-refractivity contribution in [3.63, 3.8) is 0 Å². The second-order valence-electron chi connectivity index (χ2n) is 6.62. The maximum atomic E-state index is 12.8. The Morgan fingerprint density at radius 2 is 1.84 bits per heavy atom. The first-order valence-corrected chi connectivity index (χ1v) is 9.01. The van der Waals surface area contributed by atoms with E-state index in [1.54, 1.807) is 12.1 Å². The molecule has 0 aromatic heterocycles. The quantitative estimate of drug-likeness (QED) is 0.784. The predicted molar refractivity (Wildman–Crippen MR) is 97.8 cm³/mol. The molecule has 1 N–H and O–H groups in total. The summed E-state index contributed by atoms with van der Waals surface area (Å²) in [7, 11) is 0. The van der Waals surface area contributed by atoms with Gasteiger partial charge in [-0.05, 0) is 48.1 Å². The van der Waals surface area contributed by atoms with Gasteiger partial charge in [0.1, 0.15) is 5.82 Å². The fraction of sp³-hybridized carbons (Fsp3) is 0.381. The number of nitrogens with zero attached hydrogens (tertiary/aromatic N) is 1. The molecule has 3 nitrogen and oxygen atoms in total. The van der Waals surface area contributed by atoms with Crippen molar-refractivity contribution in [2.75, 3.05) is 19.6 Å². The number of amides is 1. The van der Waals surface area contributed by atoms with Crippen LogP contribution >= 0.6 is 0 Å². The van der Waals surface area contributed by atoms with Crippen LogP contribution in [0.5, 0.6) is 0 Å². The molecule has 132 valence electrons. The molecule has 25 heavy (non-hydrogen) atoms. The van der Waals surface area contributed by atoms with Gasteiger partial charge < -0.3 is 5.32 Å². The van der Waals surface area contributed by atoms with Crippen LogP contribution in [0.2, 0.25) is 0 Å². The van der Waals surface area contributed by atoms with Crippen LogP contribution in [0.4, 0.5) is 4.39 Å². The van der Waals surface area contributed by atoms with Crippen LogP contribution in [0, 0.1) is 5.82 Å². The van der Waals surface area contributed by atoms with Crippen LogP contribution in [0.15, 0.2) is 48.5 Å². The molecule has 3 rings (SSSR count). The number of halogens is 1. The zero-order valence-corrected chi connectivity index (χ0v) is 14.5. The average molecular weight is 340 g/mol. The van der Waals surface area contributed by atoms with Gasteiger partial charge in [-0.2, -0.15) is 0 Å². The van der Waals surface area contributed by atoms with E-state index in [0.29, 0.717) is 19.4 Å². The van der Waals surface area contributed by atoms with Crippen LogP contribution in [0.25, 0.3) is 0 Å². The molecule has 1 heterocycles. The van der Waals surface area contributed by atoms with Crippen molar-refractivity contribution in [1.82, 2.24) is 10.2 Å². The molecule has 1 aliphatic rings. The zero-order chi connectivity index (χ0) is 17.5. The monoisotopic (exact) mass is 340 g/mol. The van der Waals surface area contributed by atoms with Crippen molar-refractivity contribution >= 4 is 5.91 Å². The van der Waals surface area contributed by atoms with Crippen LogP contribution in [-0.4, -0.2) is 30.4 Å². The molecule has 0 unspecified atom stereocenters. The van der Waals surface area contributed by atoms with E-state index < -0.39 is 0 Å². The first kappa shape index (κ1) is 17.6. The molecule has 0 aliphatic carbocycles. The highest BCUT2D eigenvalue weighted by Gasteiger charge is 2.14. The van der Waals surface area contributed by atoms with Gasteiger partial charge in [0.05, 0.1) is 0 Å². The van der Waals surface area contributed by atoms with E-state index in [0.717, 1.165) is 38.0 Å². The molecule has 0 saturated heterocycles. The second-order valence-corrected chi connectivity index (χ2v) is 6.62. The van der Waals surface area contributed by atoms with Crippen LogP contribution in [0.1, 0.15) is 29.5 Å². The number of aryl methyl sites for hydroxylation is 1. The lowest BCUT2D eigenvalue weighted by Crippen LogP contribution is -2.33. The minimum atomic E-state index is -0.242. The molecule has 0 bridgehead atoms. The van der Waals surface area contributed by atoms with Gasteiger partial charge in [0.2, 0.25) is 5.91 Å². The molecule has 1 aliphatic heterocycles. The minimum Gasteiger partial charge on any atom is -0.356 e. The summed E-state index contributed by atoms with van der Waals surface area (Å²) in [5.74, 6) is -0.179. The van der Waals surface area contributed by atoms with Gasteiger partial charge in [0.25, 0.3) is 0 Å². The summed E-state index contributed by atoms with van der Waals surface area (Å²) < 4.78 is 12.8. The Labute approximate surface area is 148 Å². The van der Waals surface area contributed by atoms with Gasteiger partial charge in [-0.25, -0.2) is 4.39 Å². The SMILES string of the molecule is O=C(CCc1ccc(F)cc1)NCCCN1CCc2ccccc2C1. The van der Waals surface area contributed by atoms with Gasteiger partial charge >= 0.3 is 0 Å². The van der Waals surface area contributed by atoms with Crippen LogP contribution < -0.4 is 5.32 Å². The molecule has 0 fully saturated rings. The van der Waals surface area contributed by atoms with Crippen LogP contribution in [0.3, 0.4) is 0 Å². The minimum absolute atomic E-state index is 0.0633. The average Bonchev–Trinajstić information content (AvgIpc) is 2.64. The first-order valence-electron chi connectivity index (χ1n) is 9.01. The van der Waals surface area contributed by atoms with Crippen molar-refractivity contribution in [3.8, 4) is 0 Å². The lowest BCUT2D eigenvalue weighted by molar-refractivity contribution is -0.121. The van der Waals surface area contributed by atoms with Gasteiger partial charge in [0.15, 0.2) is 0 Å². The summed E-state index contributed by atoms with van der Waals surface area (Å²) in [6.07, 6.45) is 3.17. The zero-order valence-electron chi connectivity index (χ0n) is 14.5. The third-order valence-electron chi connectivity index (χ3n) is 4.74. The van der Waals surface area contributed by atoms with Gasteiger partial charge in [0, 0.05) is 32.6 Å². The van der Waals surface area contributed by atoms with Crippen LogP contribution in [-0.2, 0) is 24.2 Å². The van der Waals surface area contributed by atoms with E-state index in [4.69, 9.17) is 0 Å². The third-order valence-corrected chi connectivity index (χ3v) is 4.74. The van der Waals surface area contributed by atoms with Crippen molar-refractivity contribution in [2.45, 2.75) is 32.2 Å². The molecule has 0 atom stereocenters. The van der Waals surface area contributed by atoms with Gasteiger partial charge in [-0.15, -0.1) is 0 Å². The highest BCUT2D eigenvalue weighted by molar-refractivity contribution is 5.76. The predicted octanol–water partition coefficient (Wildman–Crippen LogP) is 3.32. The Balaban J connectivity index is 1.31. The smallest absolute Gasteiger partial charge is 0.220 e. The van der Waals surface area contributed by atoms with E-state index in [2.05, 4.69) is 34.5 Å². The number of hydrogen-bond acceptors (Lipinski definition) is 2. The van der Waals surface area contributed by atoms with Crippen molar-refractivity contribution in [2.24, 2.45) is 0 Å². The normalized spacial score (nSPS) is 14.1. The largest absolute Gasteiger partial charge is 0.356 e. The highest BCUT2D eigenvalue weighted by atomic mass is 19.1. The molecule has 4 heteroatoms. The number of rotatable bonds is 7. The molecule has 0 radical (unpaired) electrons. The summed E-state index contributed by atoms with van der Waals surface area (Å²) in [5.41, 5.74) is 3.88. The topological polar surface area (TPSA) is 32.3 Å². The van der Waals surface area contributed by atoms with E-state index in [9.17, 15) is 9.18 Å². The van der Waals surface area contributed by atoms with E-state index >= 15 is 0 Å². The van der Waals surface area contributed by atoms with Crippen molar-refractivity contribution in [3.05, 3.63) is 71.0 Å². The number of fused-ring (bicyclic) bond motifs is 1. The molecular weight excluding hydrogens is 315 g/mol. The number of carbonyl (C=O) groups is 1. The lowest BCUT2D eigenvalue weighted by Gasteiger charge is -2.28. The van der Waals surface area contributed by atoms with E-state index in [1.807, 2.05) is 0 Å². The van der Waals surface area contributed by atoms with Crippen molar-refractivity contribution in [1.29, 1.82) is 0 Å². The summed E-state index contributed by atoms with van der Waals surface area (Å²) in [6, 6.07) is 15.0. The fourth-order valence-corrected chi connectivity index (χ4v) is 3.27. The summed E-state index contributed by atoms with van der Waals surface area (Å²) in [5, 5.41) is 2.98. The summed E-state index contributed by atoms with van der Waals surface area (Å²) in [4.78, 5) is 14.4. The molecule has 2 aromatic rings. The Bertz CT molecular complexity index is 699. The molecule has 2 aromatic carbocycles. The Hall–Kier alpha value is -2.20. The second kappa shape index (κ2) is 8.77. The number of carbonyl (C=O) groups excluding carboxylic acids is 1. The summed E-state index contributed by atoms with van der Waals surface area (Å²) >= 11 is 0. The van der Waals surface area contributed by atoms with E-state index in [-0.39, 0.29) is 11.7 Å². The number of nitrogens with one attached hydrogen (secondary N) is 1. The molecule has 0 saturated carbocycles. The maximum absolute atomic E-state index is 12.8. The molecular formula is C21H25FN2O. The standard InChI is InChI=1S/C21H25FN2O/c22-20-9-6-17(7-10-20)8-11-21(25)23-13-3-14-24-15-12-18-4-1-2-5-19(18)16-24/h1-2,4-7,9-10H,3,8,11-16H2,(H,23,25). The Morgan fingerprint density at radius 1 is 1.08 bits per heavy atom. The Kier molecular flexibility index (Phi) is 6.18. The number of benzene rings is 2. The lowest BCUT2D eigenvalue weighted by atomic mass is 10.00. The molecule has 1 amide bonds.